The number of hydrogen-bond acceptors (Lipinski definition) is 5. The van der Waals surface area contributed by atoms with Gasteiger partial charge in [-0.25, -0.2) is 0 Å². The first kappa shape index (κ1) is 17.1. The molecule has 0 atom stereocenters. The molecule has 7 heteroatoms. The van der Waals surface area contributed by atoms with E-state index in [1.165, 1.54) is 19.2 Å². The molecule has 0 radical (unpaired) electrons. The molecule has 0 fully saturated rings. The molecule has 24 heavy (non-hydrogen) atoms. The summed E-state index contributed by atoms with van der Waals surface area (Å²) in [6.07, 6.45) is 0. The van der Waals surface area contributed by atoms with E-state index in [9.17, 15) is 9.59 Å². The summed E-state index contributed by atoms with van der Waals surface area (Å²) in [7, 11) is 3.05. The van der Waals surface area contributed by atoms with E-state index in [2.05, 4.69) is 5.32 Å². The molecule has 0 aliphatic rings. The molecule has 0 bridgehead atoms. The zero-order chi connectivity index (χ0) is 17.5. The van der Waals surface area contributed by atoms with Gasteiger partial charge in [0.05, 0.1) is 19.9 Å². The van der Waals surface area contributed by atoms with Crippen LogP contribution in [0.1, 0.15) is 10.4 Å². The molecular weight excluding hydrogens is 312 g/mol. The first-order valence-electron chi connectivity index (χ1n) is 7.08. The van der Waals surface area contributed by atoms with Crippen LogP contribution >= 0.6 is 0 Å². The van der Waals surface area contributed by atoms with Crippen molar-refractivity contribution >= 4 is 17.5 Å². The van der Waals surface area contributed by atoms with Crippen molar-refractivity contribution in [1.29, 1.82) is 0 Å². The minimum absolute atomic E-state index is 0.189. The number of primary amides is 1. The first-order valence-corrected chi connectivity index (χ1v) is 7.08. The highest BCUT2D eigenvalue weighted by Gasteiger charge is 2.10. The number of anilines is 1. The minimum Gasteiger partial charge on any atom is -0.497 e. The number of hydrogen-bond donors (Lipinski definition) is 2. The summed E-state index contributed by atoms with van der Waals surface area (Å²) < 4.78 is 15.7. The fraction of sp³-hybridized carbons (Fsp3) is 0.176. The van der Waals surface area contributed by atoms with Gasteiger partial charge >= 0.3 is 0 Å². The molecule has 7 nitrogen and oxygen atoms in total. The maximum absolute atomic E-state index is 12.0. The quantitative estimate of drug-likeness (QED) is 0.806. The highest BCUT2D eigenvalue weighted by Crippen LogP contribution is 2.28. The van der Waals surface area contributed by atoms with Crippen molar-refractivity contribution in [2.75, 3.05) is 26.1 Å². The summed E-state index contributed by atoms with van der Waals surface area (Å²) in [6, 6.07) is 11.3. The lowest BCUT2D eigenvalue weighted by Crippen LogP contribution is -2.20. The molecule has 126 valence electrons. The summed E-state index contributed by atoms with van der Waals surface area (Å²) in [5.41, 5.74) is 6.04. The van der Waals surface area contributed by atoms with Crippen LogP contribution in [0.3, 0.4) is 0 Å². The maximum atomic E-state index is 12.0. The van der Waals surface area contributed by atoms with Gasteiger partial charge in [0.15, 0.2) is 6.61 Å². The molecule has 0 spiro atoms. The summed E-state index contributed by atoms with van der Waals surface area (Å²) in [5, 5.41) is 2.69. The van der Waals surface area contributed by atoms with Gasteiger partial charge in [-0.15, -0.1) is 0 Å². The van der Waals surface area contributed by atoms with Crippen molar-refractivity contribution < 1.29 is 23.8 Å². The predicted molar refractivity (Wildman–Crippen MR) is 88.6 cm³/mol. The Morgan fingerprint density at radius 1 is 1.00 bits per heavy atom. The van der Waals surface area contributed by atoms with E-state index in [1.807, 2.05) is 0 Å². The van der Waals surface area contributed by atoms with Crippen molar-refractivity contribution in [2.24, 2.45) is 5.73 Å². The average molecular weight is 330 g/mol. The normalized spacial score (nSPS) is 9.92. The molecule has 0 saturated heterocycles. The van der Waals surface area contributed by atoms with Crippen LogP contribution in [0, 0.1) is 0 Å². The summed E-state index contributed by atoms with van der Waals surface area (Å²) in [5.74, 6) is 0.685. The smallest absolute Gasteiger partial charge is 0.262 e. The van der Waals surface area contributed by atoms with Gasteiger partial charge in [0, 0.05) is 11.6 Å². The molecule has 3 N–H and O–H groups in total. The van der Waals surface area contributed by atoms with Crippen LogP contribution in [0.15, 0.2) is 42.5 Å². The average Bonchev–Trinajstić information content (AvgIpc) is 2.60. The lowest BCUT2D eigenvalue weighted by molar-refractivity contribution is -0.118. The number of amides is 2. The molecule has 2 aromatic rings. The van der Waals surface area contributed by atoms with E-state index in [1.54, 1.807) is 37.4 Å². The second kappa shape index (κ2) is 7.87. The molecule has 0 aromatic heterocycles. The van der Waals surface area contributed by atoms with Gasteiger partial charge < -0.3 is 25.3 Å². The van der Waals surface area contributed by atoms with Gasteiger partial charge in [0.25, 0.3) is 5.91 Å². The Morgan fingerprint density at radius 3 is 2.25 bits per heavy atom. The van der Waals surface area contributed by atoms with Crippen LogP contribution in [0.5, 0.6) is 17.2 Å². The summed E-state index contributed by atoms with van der Waals surface area (Å²) >= 11 is 0. The van der Waals surface area contributed by atoms with Crippen molar-refractivity contribution in [1.82, 2.24) is 0 Å². The molecular formula is C17H18N2O5. The number of benzene rings is 2. The van der Waals surface area contributed by atoms with Crippen LogP contribution in [0.4, 0.5) is 5.69 Å². The predicted octanol–water partition coefficient (Wildman–Crippen LogP) is 1.82. The Bertz CT molecular complexity index is 728. The fourth-order valence-corrected chi connectivity index (χ4v) is 1.95. The topological polar surface area (TPSA) is 99.9 Å². The summed E-state index contributed by atoms with van der Waals surface area (Å²) in [6.45, 7) is -0.189. The minimum atomic E-state index is -0.522. The van der Waals surface area contributed by atoms with E-state index >= 15 is 0 Å². The second-order valence-electron chi connectivity index (χ2n) is 4.79. The zero-order valence-electron chi connectivity index (χ0n) is 13.4. The Hall–Kier alpha value is -3.22. The molecule has 0 aliphatic carbocycles. The standard InChI is InChI=1S/C17H18N2O5/c1-22-13-7-8-14(15(9-13)23-2)19-16(20)10-24-12-5-3-11(4-6-12)17(18)21/h3-9H,10H2,1-2H3,(H2,18,21)(H,19,20). The SMILES string of the molecule is COc1ccc(NC(=O)COc2ccc(C(N)=O)cc2)c(OC)c1. The van der Waals surface area contributed by atoms with Crippen molar-refractivity contribution in [3.05, 3.63) is 48.0 Å². The fourth-order valence-electron chi connectivity index (χ4n) is 1.95. The number of methoxy groups -OCH3 is 2. The number of rotatable bonds is 7. The molecule has 0 heterocycles. The lowest BCUT2D eigenvalue weighted by atomic mass is 10.2. The van der Waals surface area contributed by atoms with Gasteiger partial charge in [-0.1, -0.05) is 0 Å². The highest BCUT2D eigenvalue weighted by atomic mass is 16.5. The molecule has 0 saturated carbocycles. The van der Waals surface area contributed by atoms with Crippen LogP contribution in [-0.4, -0.2) is 32.6 Å². The zero-order valence-corrected chi connectivity index (χ0v) is 13.4. The third-order valence-electron chi connectivity index (χ3n) is 3.19. The molecule has 0 unspecified atom stereocenters. The third-order valence-corrected chi connectivity index (χ3v) is 3.19. The van der Waals surface area contributed by atoms with Crippen molar-refractivity contribution in [3.63, 3.8) is 0 Å². The van der Waals surface area contributed by atoms with Crippen molar-refractivity contribution in [3.8, 4) is 17.2 Å². The Morgan fingerprint density at radius 2 is 1.67 bits per heavy atom. The van der Waals surface area contributed by atoms with Crippen LogP contribution in [-0.2, 0) is 4.79 Å². The Kier molecular flexibility index (Phi) is 5.62. The van der Waals surface area contributed by atoms with Crippen molar-refractivity contribution in [2.45, 2.75) is 0 Å². The van der Waals surface area contributed by atoms with Crippen LogP contribution in [0.2, 0.25) is 0 Å². The Balaban J connectivity index is 1.94. The number of carbonyl (C=O) groups is 2. The van der Waals surface area contributed by atoms with Crippen LogP contribution in [0.25, 0.3) is 0 Å². The second-order valence-corrected chi connectivity index (χ2v) is 4.79. The highest BCUT2D eigenvalue weighted by molar-refractivity contribution is 5.94. The number of carbonyl (C=O) groups excluding carboxylic acids is 2. The van der Waals surface area contributed by atoms with E-state index in [0.717, 1.165) is 0 Å². The maximum Gasteiger partial charge on any atom is 0.262 e. The van der Waals surface area contributed by atoms with Gasteiger partial charge in [0.1, 0.15) is 17.2 Å². The number of nitrogens with two attached hydrogens (primary N) is 1. The Labute approximate surface area is 139 Å². The van der Waals surface area contributed by atoms with Gasteiger partial charge in [-0.05, 0) is 36.4 Å². The van der Waals surface area contributed by atoms with E-state index in [0.29, 0.717) is 28.5 Å². The molecule has 2 aromatic carbocycles. The van der Waals surface area contributed by atoms with Gasteiger partial charge in [-0.3, -0.25) is 9.59 Å². The summed E-state index contributed by atoms with van der Waals surface area (Å²) in [4.78, 5) is 23.0. The largest absolute Gasteiger partial charge is 0.497 e. The molecule has 0 aliphatic heterocycles. The lowest BCUT2D eigenvalue weighted by Gasteiger charge is -2.12. The molecule has 2 rings (SSSR count). The number of ether oxygens (including phenoxy) is 3. The van der Waals surface area contributed by atoms with E-state index < -0.39 is 5.91 Å². The van der Waals surface area contributed by atoms with Crippen LogP contribution < -0.4 is 25.3 Å². The molecule has 2 amide bonds. The van der Waals surface area contributed by atoms with Gasteiger partial charge in [-0.2, -0.15) is 0 Å². The number of nitrogens with one attached hydrogen (secondary N) is 1. The monoisotopic (exact) mass is 330 g/mol. The van der Waals surface area contributed by atoms with Gasteiger partial charge in [0.2, 0.25) is 5.91 Å². The van der Waals surface area contributed by atoms with E-state index in [4.69, 9.17) is 19.9 Å². The first-order chi connectivity index (χ1) is 11.5. The third kappa shape index (κ3) is 4.39. The van der Waals surface area contributed by atoms with E-state index in [-0.39, 0.29) is 12.5 Å².